The Labute approximate surface area is 91.7 Å². The highest BCUT2D eigenvalue weighted by molar-refractivity contribution is 6.29. The molecule has 2 heterocycles. The van der Waals surface area contributed by atoms with Gasteiger partial charge < -0.3 is 5.11 Å². The molecule has 80 valence electrons. The standard InChI is InChI=1S/C9H11ClN4O/c1-6-11-7(10)5-9-13-12-8(14(6)9)3-2-4-15/h5,15H,2-4H2,1H3. The van der Waals surface area contributed by atoms with Crippen LogP contribution >= 0.6 is 11.6 Å². The molecule has 0 amide bonds. The first kappa shape index (κ1) is 10.3. The molecule has 0 saturated carbocycles. The van der Waals surface area contributed by atoms with E-state index in [0.717, 1.165) is 11.6 Å². The number of hydrogen-bond acceptors (Lipinski definition) is 4. The summed E-state index contributed by atoms with van der Waals surface area (Å²) < 4.78 is 1.85. The van der Waals surface area contributed by atoms with Crippen LogP contribution in [-0.4, -0.2) is 31.3 Å². The normalized spacial score (nSPS) is 11.1. The second kappa shape index (κ2) is 4.12. The number of halogens is 1. The molecule has 0 unspecified atom stereocenters. The minimum absolute atomic E-state index is 0.148. The topological polar surface area (TPSA) is 63.3 Å². The van der Waals surface area contributed by atoms with E-state index in [0.29, 0.717) is 23.6 Å². The smallest absolute Gasteiger partial charge is 0.165 e. The number of fused-ring (bicyclic) bond motifs is 1. The number of nitrogens with zero attached hydrogens (tertiary/aromatic N) is 4. The molecule has 15 heavy (non-hydrogen) atoms. The van der Waals surface area contributed by atoms with Crippen LogP contribution < -0.4 is 0 Å². The third kappa shape index (κ3) is 1.93. The molecule has 6 heteroatoms. The fraction of sp³-hybridized carbons (Fsp3) is 0.444. The predicted molar refractivity (Wildman–Crippen MR) is 55.9 cm³/mol. The molecule has 0 spiro atoms. The van der Waals surface area contributed by atoms with Crippen LogP contribution in [0.1, 0.15) is 18.1 Å². The van der Waals surface area contributed by atoms with Crippen molar-refractivity contribution in [3.8, 4) is 0 Å². The summed E-state index contributed by atoms with van der Waals surface area (Å²) in [6.45, 7) is 2.00. The van der Waals surface area contributed by atoms with Crippen molar-refractivity contribution < 1.29 is 5.11 Å². The van der Waals surface area contributed by atoms with Crippen molar-refractivity contribution in [3.63, 3.8) is 0 Å². The summed E-state index contributed by atoms with van der Waals surface area (Å²) in [6, 6.07) is 1.67. The minimum Gasteiger partial charge on any atom is -0.396 e. The maximum atomic E-state index is 8.76. The zero-order valence-electron chi connectivity index (χ0n) is 8.31. The fourth-order valence-electron chi connectivity index (χ4n) is 1.52. The van der Waals surface area contributed by atoms with E-state index in [2.05, 4.69) is 15.2 Å². The van der Waals surface area contributed by atoms with Crippen molar-refractivity contribution in [2.24, 2.45) is 0 Å². The first-order valence-electron chi connectivity index (χ1n) is 4.70. The van der Waals surface area contributed by atoms with Gasteiger partial charge in [0.1, 0.15) is 16.8 Å². The molecule has 0 bridgehead atoms. The second-order valence-electron chi connectivity index (χ2n) is 3.26. The van der Waals surface area contributed by atoms with Crippen LogP contribution in [0.25, 0.3) is 5.65 Å². The summed E-state index contributed by atoms with van der Waals surface area (Å²) in [5, 5.41) is 17.2. The van der Waals surface area contributed by atoms with Crippen LogP contribution in [0.4, 0.5) is 0 Å². The lowest BCUT2D eigenvalue weighted by Gasteiger charge is -2.02. The molecule has 1 N–H and O–H groups in total. The van der Waals surface area contributed by atoms with Crippen molar-refractivity contribution in [1.29, 1.82) is 0 Å². The molecular formula is C9H11ClN4O. The highest BCUT2D eigenvalue weighted by atomic mass is 35.5. The molecular weight excluding hydrogens is 216 g/mol. The Morgan fingerprint density at radius 1 is 1.47 bits per heavy atom. The Morgan fingerprint density at radius 2 is 2.27 bits per heavy atom. The molecule has 0 aromatic carbocycles. The second-order valence-corrected chi connectivity index (χ2v) is 3.65. The molecule has 2 rings (SSSR count). The Bertz CT molecular complexity index is 482. The Balaban J connectivity index is 2.49. The van der Waals surface area contributed by atoms with Crippen LogP contribution in [-0.2, 0) is 6.42 Å². The first-order chi connectivity index (χ1) is 7.22. The highest BCUT2D eigenvalue weighted by Gasteiger charge is 2.08. The Morgan fingerprint density at radius 3 is 3.00 bits per heavy atom. The molecule has 0 saturated heterocycles. The summed E-state index contributed by atoms with van der Waals surface area (Å²) in [6.07, 6.45) is 1.35. The van der Waals surface area contributed by atoms with Crippen molar-refractivity contribution >= 4 is 17.2 Å². The Hall–Kier alpha value is -1.20. The molecule has 0 aliphatic carbocycles. The number of aliphatic hydroxyl groups excluding tert-OH is 1. The molecule has 0 fully saturated rings. The molecule has 2 aromatic rings. The van der Waals surface area contributed by atoms with Gasteiger partial charge in [0.2, 0.25) is 0 Å². The van der Waals surface area contributed by atoms with Gasteiger partial charge in [-0.2, -0.15) is 0 Å². The van der Waals surface area contributed by atoms with Crippen LogP contribution in [0.3, 0.4) is 0 Å². The van der Waals surface area contributed by atoms with E-state index in [-0.39, 0.29) is 6.61 Å². The number of rotatable bonds is 3. The summed E-state index contributed by atoms with van der Waals surface area (Å²) >= 11 is 5.81. The van der Waals surface area contributed by atoms with Gasteiger partial charge in [-0.25, -0.2) is 4.98 Å². The summed E-state index contributed by atoms with van der Waals surface area (Å²) in [5.74, 6) is 1.57. The van der Waals surface area contributed by atoms with Crippen LogP contribution in [0.5, 0.6) is 0 Å². The largest absolute Gasteiger partial charge is 0.396 e. The molecule has 0 aliphatic heterocycles. The van der Waals surface area contributed by atoms with Gasteiger partial charge in [0.05, 0.1) is 0 Å². The first-order valence-corrected chi connectivity index (χ1v) is 5.08. The quantitative estimate of drug-likeness (QED) is 0.794. The molecule has 0 radical (unpaired) electrons. The number of aryl methyl sites for hydroxylation is 2. The summed E-state index contributed by atoms with van der Waals surface area (Å²) in [7, 11) is 0. The maximum Gasteiger partial charge on any atom is 0.165 e. The third-order valence-electron chi connectivity index (χ3n) is 2.15. The van der Waals surface area contributed by atoms with Gasteiger partial charge in [-0.05, 0) is 13.3 Å². The Kier molecular flexibility index (Phi) is 2.83. The van der Waals surface area contributed by atoms with Crippen LogP contribution in [0.2, 0.25) is 5.15 Å². The van der Waals surface area contributed by atoms with Crippen molar-refractivity contribution in [3.05, 3.63) is 22.9 Å². The lowest BCUT2D eigenvalue weighted by molar-refractivity contribution is 0.287. The molecule has 0 atom stereocenters. The van der Waals surface area contributed by atoms with Gasteiger partial charge in [-0.1, -0.05) is 11.6 Å². The van der Waals surface area contributed by atoms with Crippen LogP contribution in [0, 0.1) is 6.92 Å². The van der Waals surface area contributed by atoms with E-state index in [4.69, 9.17) is 16.7 Å². The SMILES string of the molecule is Cc1nc(Cl)cc2nnc(CCCO)n12. The highest BCUT2D eigenvalue weighted by Crippen LogP contribution is 2.12. The predicted octanol–water partition coefficient (Wildman–Crippen LogP) is 1.01. The lowest BCUT2D eigenvalue weighted by atomic mass is 10.3. The molecule has 0 aliphatic rings. The fourth-order valence-corrected chi connectivity index (χ4v) is 1.74. The van der Waals surface area contributed by atoms with Gasteiger partial charge >= 0.3 is 0 Å². The average Bonchev–Trinajstić information content (AvgIpc) is 2.58. The van der Waals surface area contributed by atoms with Crippen molar-refractivity contribution in [1.82, 2.24) is 19.6 Å². The molecule has 2 aromatic heterocycles. The monoisotopic (exact) mass is 226 g/mol. The molecule has 5 nitrogen and oxygen atoms in total. The van der Waals surface area contributed by atoms with E-state index in [1.807, 2.05) is 11.3 Å². The van der Waals surface area contributed by atoms with Crippen molar-refractivity contribution in [2.75, 3.05) is 6.61 Å². The number of hydrogen-bond donors (Lipinski definition) is 1. The van der Waals surface area contributed by atoms with E-state index in [1.54, 1.807) is 6.07 Å². The third-order valence-corrected chi connectivity index (χ3v) is 2.35. The summed E-state index contributed by atoms with van der Waals surface area (Å²) in [5.41, 5.74) is 0.695. The lowest BCUT2D eigenvalue weighted by Crippen LogP contribution is -2.02. The minimum atomic E-state index is 0.148. The van der Waals surface area contributed by atoms with E-state index < -0.39 is 0 Å². The van der Waals surface area contributed by atoms with E-state index >= 15 is 0 Å². The van der Waals surface area contributed by atoms with Gasteiger partial charge in [-0.15, -0.1) is 10.2 Å². The maximum absolute atomic E-state index is 8.76. The van der Waals surface area contributed by atoms with E-state index in [9.17, 15) is 0 Å². The van der Waals surface area contributed by atoms with Crippen molar-refractivity contribution in [2.45, 2.75) is 19.8 Å². The van der Waals surface area contributed by atoms with Gasteiger partial charge in [-0.3, -0.25) is 4.40 Å². The zero-order chi connectivity index (χ0) is 10.8. The van der Waals surface area contributed by atoms with Crippen LogP contribution in [0.15, 0.2) is 6.07 Å². The van der Waals surface area contributed by atoms with Gasteiger partial charge in [0.15, 0.2) is 5.65 Å². The van der Waals surface area contributed by atoms with Gasteiger partial charge in [0, 0.05) is 19.1 Å². The average molecular weight is 227 g/mol. The zero-order valence-corrected chi connectivity index (χ0v) is 9.07. The number of aliphatic hydroxyl groups is 1. The van der Waals surface area contributed by atoms with E-state index in [1.165, 1.54) is 0 Å². The summed E-state index contributed by atoms with van der Waals surface area (Å²) in [4.78, 5) is 4.13. The number of aromatic nitrogens is 4. The van der Waals surface area contributed by atoms with Gasteiger partial charge in [0.25, 0.3) is 0 Å².